The molecule has 0 saturated heterocycles. The van der Waals surface area contributed by atoms with Gasteiger partial charge in [-0.05, 0) is 40.2 Å². The average molecular weight is 257 g/mol. The van der Waals surface area contributed by atoms with Crippen molar-refractivity contribution in [2.75, 3.05) is 0 Å². The third kappa shape index (κ3) is 3.69. The van der Waals surface area contributed by atoms with Gasteiger partial charge < -0.3 is 4.55 Å². The maximum atomic E-state index is 13.9. The maximum absolute atomic E-state index is 13.9. The van der Waals surface area contributed by atoms with Gasteiger partial charge in [0.1, 0.15) is 10.6 Å². The first-order chi connectivity index (χ1) is 7.73. The molecule has 96 valence electrons. The van der Waals surface area contributed by atoms with Gasteiger partial charge in [0, 0.05) is 16.9 Å². The summed E-state index contributed by atoms with van der Waals surface area (Å²) in [7, 11) is 0. The zero-order chi connectivity index (χ0) is 13.2. The zero-order valence-electron chi connectivity index (χ0n) is 11.0. The summed E-state index contributed by atoms with van der Waals surface area (Å²) in [6, 6.07) is 4.99. The predicted octanol–water partition coefficient (Wildman–Crippen LogP) is 3.25. The molecule has 0 aliphatic carbocycles. The molecule has 17 heavy (non-hydrogen) atoms. The molecule has 1 aromatic carbocycles. The van der Waals surface area contributed by atoms with Crippen molar-refractivity contribution >= 4 is 11.4 Å². The van der Waals surface area contributed by atoms with E-state index >= 15 is 0 Å². The molecule has 0 aliphatic rings. The minimum Gasteiger partial charge on any atom is -0.598 e. The van der Waals surface area contributed by atoms with E-state index < -0.39 is 11.4 Å². The molecule has 1 rings (SSSR count). The smallest absolute Gasteiger partial charge is 0.136 e. The molecule has 1 N–H and O–H groups in total. The summed E-state index contributed by atoms with van der Waals surface area (Å²) in [4.78, 5) is 0. The van der Waals surface area contributed by atoms with Gasteiger partial charge in [-0.25, -0.2) is 4.39 Å². The first kappa shape index (κ1) is 14.5. The number of nitrogens with one attached hydrogen (secondary N) is 1. The molecule has 2 atom stereocenters. The van der Waals surface area contributed by atoms with Gasteiger partial charge in [-0.3, -0.25) is 0 Å². The summed E-state index contributed by atoms with van der Waals surface area (Å²) < 4.78 is 28.4. The molecule has 0 aliphatic heterocycles. The fourth-order valence-electron chi connectivity index (χ4n) is 1.41. The van der Waals surface area contributed by atoms with Crippen molar-refractivity contribution in [2.24, 2.45) is 0 Å². The summed E-state index contributed by atoms with van der Waals surface area (Å²) in [5, 5.41) is 0. The standard InChI is InChI=1S/C13H20FNOS/c1-9-7-6-8-11(12(9)14)10(2)15-17(16)13(3,4)5/h6-8,10,15H,1-5H3. The lowest BCUT2D eigenvalue weighted by molar-refractivity contribution is 0.521. The molecule has 0 spiro atoms. The number of hydrogen-bond donors (Lipinski definition) is 1. The topological polar surface area (TPSA) is 35.1 Å². The number of aryl methyl sites for hydroxylation is 1. The van der Waals surface area contributed by atoms with Gasteiger partial charge in [-0.15, -0.1) is 4.72 Å². The second-order valence-corrected chi connectivity index (χ2v) is 7.20. The molecule has 0 radical (unpaired) electrons. The van der Waals surface area contributed by atoms with Gasteiger partial charge >= 0.3 is 0 Å². The van der Waals surface area contributed by atoms with Crippen LogP contribution < -0.4 is 4.72 Å². The molecule has 0 amide bonds. The van der Waals surface area contributed by atoms with Crippen LogP contribution in [0.1, 0.15) is 44.9 Å². The minimum atomic E-state index is -1.20. The van der Waals surface area contributed by atoms with Crippen LogP contribution in [-0.4, -0.2) is 9.30 Å². The van der Waals surface area contributed by atoms with Crippen LogP contribution in [0.4, 0.5) is 4.39 Å². The van der Waals surface area contributed by atoms with Crippen LogP contribution in [0.25, 0.3) is 0 Å². The van der Waals surface area contributed by atoms with E-state index in [-0.39, 0.29) is 16.6 Å². The van der Waals surface area contributed by atoms with E-state index in [2.05, 4.69) is 4.72 Å². The van der Waals surface area contributed by atoms with Gasteiger partial charge in [0.05, 0.1) is 6.04 Å². The van der Waals surface area contributed by atoms with E-state index in [0.717, 1.165) is 0 Å². The lowest BCUT2D eigenvalue weighted by atomic mass is 10.1. The van der Waals surface area contributed by atoms with Crippen LogP contribution in [-0.2, 0) is 11.4 Å². The Hall–Kier alpha value is -0.580. The number of rotatable bonds is 3. The Morgan fingerprint density at radius 3 is 2.47 bits per heavy atom. The lowest BCUT2D eigenvalue weighted by Gasteiger charge is -2.26. The van der Waals surface area contributed by atoms with Crippen molar-refractivity contribution < 1.29 is 8.94 Å². The summed E-state index contributed by atoms with van der Waals surface area (Å²) in [6.07, 6.45) is 0. The van der Waals surface area contributed by atoms with Crippen molar-refractivity contribution in [3.8, 4) is 0 Å². The third-order valence-corrected chi connectivity index (χ3v) is 4.21. The van der Waals surface area contributed by atoms with Gasteiger partial charge in [0.25, 0.3) is 0 Å². The molecule has 0 heterocycles. The van der Waals surface area contributed by atoms with E-state index in [1.165, 1.54) is 0 Å². The van der Waals surface area contributed by atoms with Crippen LogP contribution in [0, 0.1) is 12.7 Å². The fraction of sp³-hybridized carbons (Fsp3) is 0.538. The fourth-order valence-corrected chi connectivity index (χ4v) is 2.21. The van der Waals surface area contributed by atoms with Crippen LogP contribution in [0.3, 0.4) is 0 Å². The van der Waals surface area contributed by atoms with Crippen molar-refractivity contribution in [1.82, 2.24) is 4.72 Å². The third-order valence-electron chi connectivity index (χ3n) is 2.53. The van der Waals surface area contributed by atoms with Crippen LogP contribution >= 0.6 is 0 Å². The Morgan fingerprint density at radius 1 is 1.35 bits per heavy atom. The molecule has 2 unspecified atom stereocenters. The van der Waals surface area contributed by atoms with E-state index in [1.54, 1.807) is 19.1 Å². The lowest BCUT2D eigenvalue weighted by Crippen LogP contribution is -2.40. The van der Waals surface area contributed by atoms with Crippen molar-refractivity contribution in [3.63, 3.8) is 0 Å². The van der Waals surface area contributed by atoms with E-state index in [9.17, 15) is 8.94 Å². The zero-order valence-corrected chi connectivity index (χ0v) is 11.8. The summed E-state index contributed by atoms with van der Waals surface area (Å²) in [5.41, 5.74) is 1.17. The average Bonchev–Trinajstić information content (AvgIpc) is 2.20. The number of hydrogen-bond acceptors (Lipinski definition) is 2. The first-order valence-corrected chi connectivity index (χ1v) is 6.81. The van der Waals surface area contributed by atoms with Gasteiger partial charge in [-0.1, -0.05) is 18.2 Å². The molecule has 0 fully saturated rings. The molecule has 4 heteroatoms. The van der Waals surface area contributed by atoms with Crippen LogP contribution in [0.15, 0.2) is 18.2 Å². The summed E-state index contributed by atoms with van der Waals surface area (Å²) in [5.74, 6) is -0.224. The Morgan fingerprint density at radius 2 is 1.94 bits per heavy atom. The van der Waals surface area contributed by atoms with Crippen molar-refractivity contribution in [2.45, 2.75) is 45.4 Å². The molecule has 0 saturated carbocycles. The summed E-state index contributed by atoms with van der Waals surface area (Å²) >= 11 is -1.20. The van der Waals surface area contributed by atoms with Gasteiger partial charge in [0.2, 0.25) is 0 Å². The largest absolute Gasteiger partial charge is 0.598 e. The van der Waals surface area contributed by atoms with Gasteiger partial charge in [-0.2, -0.15) is 0 Å². The van der Waals surface area contributed by atoms with E-state index in [0.29, 0.717) is 11.1 Å². The Balaban J connectivity index is 2.84. The Kier molecular flexibility index (Phi) is 4.58. The highest BCUT2D eigenvalue weighted by Gasteiger charge is 2.29. The van der Waals surface area contributed by atoms with Crippen molar-refractivity contribution in [1.29, 1.82) is 0 Å². The van der Waals surface area contributed by atoms with E-state index in [4.69, 9.17) is 0 Å². The van der Waals surface area contributed by atoms with Crippen LogP contribution in [0.5, 0.6) is 0 Å². The quantitative estimate of drug-likeness (QED) is 0.844. The molecular formula is C13H20FNOS. The highest BCUT2D eigenvalue weighted by atomic mass is 32.2. The maximum Gasteiger partial charge on any atom is 0.136 e. The molecular weight excluding hydrogens is 237 g/mol. The molecule has 1 aromatic rings. The van der Waals surface area contributed by atoms with E-state index in [1.807, 2.05) is 33.8 Å². The highest BCUT2D eigenvalue weighted by molar-refractivity contribution is 7.90. The van der Waals surface area contributed by atoms with Crippen LogP contribution in [0.2, 0.25) is 0 Å². The second kappa shape index (κ2) is 5.38. The molecule has 0 bridgehead atoms. The monoisotopic (exact) mass is 257 g/mol. The first-order valence-electron chi connectivity index (χ1n) is 5.66. The molecule has 2 nitrogen and oxygen atoms in total. The van der Waals surface area contributed by atoms with Crippen molar-refractivity contribution in [3.05, 3.63) is 35.1 Å². The Labute approximate surface area is 106 Å². The normalized spacial score (nSPS) is 15.7. The number of halogens is 1. The Bertz CT molecular complexity index is 389. The predicted molar refractivity (Wildman–Crippen MR) is 70.6 cm³/mol. The molecule has 0 aromatic heterocycles. The second-order valence-electron chi connectivity index (χ2n) is 5.20. The minimum absolute atomic E-state index is 0.224. The summed E-state index contributed by atoms with van der Waals surface area (Å²) in [6.45, 7) is 9.20. The number of benzene rings is 1. The SMILES string of the molecule is Cc1cccc(C(C)N[S+]([O-])C(C)(C)C)c1F. The van der Waals surface area contributed by atoms with Gasteiger partial charge in [0.15, 0.2) is 0 Å². The highest BCUT2D eigenvalue weighted by Crippen LogP contribution is 2.22.